The number of nitrogens with one attached hydrogen (secondary N) is 2. The molecule has 3 aromatic heterocycles. The Balaban J connectivity index is 1.47. The molecule has 1 aliphatic heterocycles. The van der Waals surface area contributed by atoms with E-state index >= 15 is 0 Å². The van der Waals surface area contributed by atoms with Crippen LogP contribution in [0.2, 0.25) is 5.02 Å². The number of rotatable bonds is 6. The Morgan fingerprint density at radius 3 is 2.97 bits per heavy atom. The minimum atomic E-state index is -0.319. The van der Waals surface area contributed by atoms with Crippen LogP contribution in [-0.4, -0.2) is 38.2 Å². The summed E-state index contributed by atoms with van der Waals surface area (Å²) in [6.45, 7) is 0.916. The Hall–Kier alpha value is -3.17. The molecule has 2 unspecified atom stereocenters. The fourth-order valence-electron chi connectivity index (χ4n) is 3.98. The highest BCUT2D eigenvalue weighted by Gasteiger charge is 2.27. The molecule has 1 aliphatic rings. The molecule has 160 valence electrons. The largest absolute Gasteiger partial charge is 0.461 e. The minimum absolute atomic E-state index is 0.140. The number of aromatic nitrogens is 4. The van der Waals surface area contributed by atoms with E-state index in [1.807, 2.05) is 0 Å². The highest BCUT2D eigenvalue weighted by molar-refractivity contribution is 6.31. The molecule has 1 aromatic carbocycles. The molecule has 4 heterocycles. The molecule has 0 bridgehead atoms. The van der Waals surface area contributed by atoms with Gasteiger partial charge in [0.1, 0.15) is 11.6 Å². The van der Waals surface area contributed by atoms with E-state index in [1.165, 1.54) is 10.6 Å². The molecular formula is C21H21ClFN7O. The summed E-state index contributed by atoms with van der Waals surface area (Å²) in [5.74, 6) is 1.37. The fraction of sp³-hybridized carbons (Fsp3) is 0.286. The summed E-state index contributed by atoms with van der Waals surface area (Å²) in [6.07, 6.45) is 3.98. The van der Waals surface area contributed by atoms with Crippen molar-refractivity contribution in [3.8, 4) is 11.6 Å². The molecule has 0 amide bonds. The number of furan rings is 1. The zero-order valence-corrected chi connectivity index (χ0v) is 17.3. The molecule has 31 heavy (non-hydrogen) atoms. The number of fused-ring (bicyclic) bond motifs is 1. The molecular weight excluding hydrogens is 421 g/mol. The van der Waals surface area contributed by atoms with Gasteiger partial charge in [-0.25, -0.2) is 9.37 Å². The molecule has 8 nitrogen and oxygen atoms in total. The van der Waals surface area contributed by atoms with E-state index in [0.29, 0.717) is 40.1 Å². The number of hydrogen-bond acceptors (Lipinski definition) is 7. The van der Waals surface area contributed by atoms with Gasteiger partial charge in [-0.3, -0.25) is 0 Å². The maximum Gasteiger partial charge on any atom is 0.225 e. The lowest BCUT2D eigenvalue weighted by Crippen LogP contribution is -2.42. The fourth-order valence-corrected chi connectivity index (χ4v) is 4.22. The molecule has 0 aliphatic carbocycles. The Labute approximate surface area is 182 Å². The van der Waals surface area contributed by atoms with Gasteiger partial charge < -0.3 is 20.8 Å². The van der Waals surface area contributed by atoms with Crippen molar-refractivity contribution >= 4 is 29.0 Å². The number of halogens is 2. The lowest BCUT2D eigenvalue weighted by molar-refractivity contribution is 0.496. The van der Waals surface area contributed by atoms with E-state index in [-0.39, 0.29) is 23.8 Å². The number of nitrogen functional groups attached to an aromatic ring is 1. The van der Waals surface area contributed by atoms with Crippen molar-refractivity contribution in [2.75, 3.05) is 17.6 Å². The predicted molar refractivity (Wildman–Crippen MR) is 116 cm³/mol. The van der Waals surface area contributed by atoms with Crippen LogP contribution in [0.3, 0.4) is 0 Å². The summed E-state index contributed by atoms with van der Waals surface area (Å²) in [5.41, 5.74) is 7.15. The highest BCUT2D eigenvalue weighted by Crippen LogP contribution is 2.26. The third-order valence-electron chi connectivity index (χ3n) is 5.49. The summed E-state index contributed by atoms with van der Waals surface area (Å²) in [4.78, 5) is 8.93. The van der Waals surface area contributed by atoms with E-state index in [2.05, 4.69) is 25.7 Å². The molecule has 0 saturated carbocycles. The smallest absolute Gasteiger partial charge is 0.225 e. The molecule has 5 rings (SSSR count). The molecule has 2 atom stereocenters. The molecule has 1 saturated heterocycles. The second-order valence-electron chi connectivity index (χ2n) is 7.54. The van der Waals surface area contributed by atoms with E-state index in [1.54, 1.807) is 36.6 Å². The normalized spacial score (nSPS) is 17.3. The van der Waals surface area contributed by atoms with Crippen LogP contribution in [0.4, 0.5) is 16.2 Å². The standard InChI is InChI=1S/C21H21ClFN7O/c22-13-4-1-5-14(23)12(13)10-16(15-6-2-8-25-15)26-18-11-19-28-20(17-7-3-9-31-17)29-30(19)21(24)27-18/h1,3-5,7,9,11,15-16,25-26H,2,6,8,10H2,(H2,24,27). The minimum Gasteiger partial charge on any atom is -0.461 e. The summed E-state index contributed by atoms with van der Waals surface area (Å²) < 4.78 is 21.3. The van der Waals surface area contributed by atoms with Gasteiger partial charge in [-0.2, -0.15) is 9.50 Å². The van der Waals surface area contributed by atoms with Crippen LogP contribution in [-0.2, 0) is 6.42 Å². The van der Waals surface area contributed by atoms with E-state index in [4.69, 9.17) is 21.8 Å². The average Bonchev–Trinajstić information content (AvgIpc) is 3.51. The SMILES string of the molecule is Nc1nc(NC(Cc2c(F)cccc2Cl)C2CCCN2)cc2nc(-c3ccco3)nn12. The number of nitrogens with zero attached hydrogens (tertiary/aromatic N) is 4. The van der Waals surface area contributed by atoms with Crippen molar-refractivity contribution in [1.82, 2.24) is 24.9 Å². The number of anilines is 2. The third kappa shape index (κ3) is 3.94. The molecule has 0 radical (unpaired) electrons. The van der Waals surface area contributed by atoms with Crippen molar-refractivity contribution < 1.29 is 8.81 Å². The average molecular weight is 442 g/mol. The zero-order chi connectivity index (χ0) is 21.4. The van der Waals surface area contributed by atoms with Crippen LogP contribution < -0.4 is 16.4 Å². The molecule has 10 heteroatoms. The zero-order valence-electron chi connectivity index (χ0n) is 16.6. The van der Waals surface area contributed by atoms with Gasteiger partial charge in [0.25, 0.3) is 0 Å². The maximum atomic E-state index is 14.4. The second-order valence-corrected chi connectivity index (χ2v) is 7.95. The van der Waals surface area contributed by atoms with Crippen LogP contribution in [0.25, 0.3) is 17.2 Å². The molecule has 4 aromatic rings. The first-order chi connectivity index (χ1) is 15.1. The summed E-state index contributed by atoms with van der Waals surface area (Å²) in [6, 6.07) is 10.0. The summed E-state index contributed by atoms with van der Waals surface area (Å²) in [7, 11) is 0. The lowest BCUT2D eigenvalue weighted by atomic mass is 9.97. The van der Waals surface area contributed by atoms with Gasteiger partial charge in [0.15, 0.2) is 11.4 Å². The summed E-state index contributed by atoms with van der Waals surface area (Å²) in [5, 5.41) is 11.7. The van der Waals surface area contributed by atoms with Crippen molar-refractivity contribution in [2.24, 2.45) is 0 Å². The highest BCUT2D eigenvalue weighted by atomic mass is 35.5. The van der Waals surface area contributed by atoms with Gasteiger partial charge in [-0.1, -0.05) is 17.7 Å². The first-order valence-electron chi connectivity index (χ1n) is 10.1. The van der Waals surface area contributed by atoms with Crippen molar-refractivity contribution in [3.63, 3.8) is 0 Å². The maximum absolute atomic E-state index is 14.4. The summed E-state index contributed by atoms with van der Waals surface area (Å²) >= 11 is 6.28. The van der Waals surface area contributed by atoms with Crippen LogP contribution in [0.5, 0.6) is 0 Å². The number of benzene rings is 1. The van der Waals surface area contributed by atoms with Gasteiger partial charge in [0, 0.05) is 28.7 Å². The van der Waals surface area contributed by atoms with Crippen molar-refractivity contribution in [2.45, 2.75) is 31.3 Å². The van der Waals surface area contributed by atoms with Crippen LogP contribution in [0.15, 0.2) is 47.1 Å². The molecule has 4 N–H and O–H groups in total. The lowest BCUT2D eigenvalue weighted by Gasteiger charge is -2.26. The topological polar surface area (TPSA) is 106 Å². The Morgan fingerprint density at radius 2 is 2.23 bits per heavy atom. The van der Waals surface area contributed by atoms with Gasteiger partial charge in [-0.05, 0) is 50.1 Å². The van der Waals surface area contributed by atoms with Gasteiger partial charge in [-0.15, -0.1) is 5.10 Å². The first-order valence-corrected chi connectivity index (χ1v) is 10.5. The van der Waals surface area contributed by atoms with Crippen LogP contribution in [0.1, 0.15) is 18.4 Å². The Bertz CT molecular complexity index is 1180. The third-order valence-corrected chi connectivity index (χ3v) is 5.85. The molecule has 0 spiro atoms. The van der Waals surface area contributed by atoms with Crippen LogP contribution >= 0.6 is 11.6 Å². The second kappa shape index (κ2) is 8.16. The Kier molecular flexibility index (Phi) is 5.21. The monoisotopic (exact) mass is 441 g/mol. The van der Waals surface area contributed by atoms with Crippen LogP contribution in [0, 0.1) is 5.82 Å². The Morgan fingerprint density at radius 1 is 1.32 bits per heavy atom. The van der Waals surface area contributed by atoms with Crippen molar-refractivity contribution in [1.29, 1.82) is 0 Å². The number of hydrogen-bond donors (Lipinski definition) is 3. The van der Waals surface area contributed by atoms with Crippen molar-refractivity contribution in [3.05, 3.63) is 59.1 Å². The van der Waals surface area contributed by atoms with E-state index in [9.17, 15) is 4.39 Å². The van der Waals surface area contributed by atoms with Gasteiger partial charge in [0.05, 0.1) is 6.26 Å². The first kappa shape index (κ1) is 19.8. The van der Waals surface area contributed by atoms with E-state index in [0.717, 1.165) is 19.4 Å². The van der Waals surface area contributed by atoms with Gasteiger partial charge in [0.2, 0.25) is 11.8 Å². The van der Waals surface area contributed by atoms with Gasteiger partial charge >= 0.3 is 0 Å². The predicted octanol–water partition coefficient (Wildman–Crippen LogP) is 3.53. The molecule has 1 fully saturated rings. The van der Waals surface area contributed by atoms with E-state index < -0.39 is 0 Å². The number of nitrogens with two attached hydrogens (primary N) is 1. The quantitative estimate of drug-likeness (QED) is 0.420.